The highest BCUT2D eigenvalue weighted by atomic mass is 35.5. The first-order chi connectivity index (χ1) is 8.74. The third-order valence-electron chi connectivity index (χ3n) is 2.49. The van der Waals surface area contributed by atoms with E-state index < -0.39 is 20.0 Å². The number of halogens is 1. The maximum Gasteiger partial charge on any atom is 0.245 e. The molecule has 0 aliphatic rings. The van der Waals surface area contributed by atoms with Crippen molar-refractivity contribution in [1.29, 1.82) is 0 Å². The summed E-state index contributed by atoms with van der Waals surface area (Å²) in [4.78, 5) is 3.89. The Labute approximate surface area is 124 Å². The van der Waals surface area contributed by atoms with Gasteiger partial charge in [-0.2, -0.15) is 3.71 Å². The van der Waals surface area contributed by atoms with Crippen LogP contribution in [0.4, 0.5) is 5.69 Å². The van der Waals surface area contributed by atoms with Crippen molar-refractivity contribution in [3.63, 3.8) is 0 Å². The van der Waals surface area contributed by atoms with Gasteiger partial charge in [0.05, 0.1) is 12.5 Å². The monoisotopic (exact) mass is 340 g/mol. The van der Waals surface area contributed by atoms with Gasteiger partial charge in [-0.15, -0.1) is 0 Å². The molecule has 0 amide bonds. The van der Waals surface area contributed by atoms with Gasteiger partial charge in [0, 0.05) is 6.20 Å². The summed E-state index contributed by atoms with van der Waals surface area (Å²) in [6, 6.07) is 1.43. The number of hydrogen-bond acceptors (Lipinski definition) is 5. The molecule has 0 saturated heterocycles. The molecular formula is C11H17ClN2O4S2. The van der Waals surface area contributed by atoms with Crippen LogP contribution in [0.2, 0.25) is 5.15 Å². The van der Waals surface area contributed by atoms with Gasteiger partial charge in [0.15, 0.2) is 5.15 Å². The zero-order valence-electron chi connectivity index (χ0n) is 11.9. The summed E-state index contributed by atoms with van der Waals surface area (Å²) in [6.45, 7) is 5.69. The Bertz CT molecular complexity index is 689. The zero-order chi connectivity index (χ0) is 15.9. The van der Waals surface area contributed by atoms with Crippen LogP contribution in [0.1, 0.15) is 26.3 Å². The summed E-state index contributed by atoms with van der Waals surface area (Å²) >= 11 is 5.87. The topological polar surface area (TPSA) is 84.4 Å². The summed E-state index contributed by atoms with van der Waals surface area (Å²) < 4.78 is 47.3. The van der Waals surface area contributed by atoms with E-state index in [2.05, 4.69) is 4.98 Å². The summed E-state index contributed by atoms with van der Waals surface area (Å²) in [6.07, 6.45) is 3.09. The predicted octanol–water partition coefficient (Wildman–Crippen LogP) is 1.76. The lowest BCUT2D eigenvalue weighted by molar-refractivity contribution is 0.584. The van der Waals surface area contributed by atoms with Crippen LogP contribution in [0.15, 0.2) is 12.3 Å². The van der Waals surface area contributed by atoms with E-state index >= 15 is 0 Å². The van der Waals surface area contributed by atoms with Crippen molar-refractivity contribution in [2.24, 2.45) is 0 Å². The highest BCUT2D eigenvalue weighted by molar-refractivity contribution is 8.09. The molecule has 1 rings (SSSR count). The third-order valence-corrected chi connectivity index (χ3v) is 6.00. The fraction of sp³-hybridized carbons (Fsp3) is 0.545. The highest BCUT2D eigenvalue weighted by Crippen LogP contribution is 2.32. The fourth-order valence-corrected chi connectivity index (χ4v) is 4.83. The molecule has 0 unspecified atom stereocenters. The van der Waals surface area contributed by atoms with Gasteiger partial charge in [0.2, 0.25) is 20.0 Å². The zero-order valence-corrected chi connectivity index (χ0v) is 14.3. The second kappa shape index (κ2) is 5.16. The van der Waals surface area contributed by atoms with Crippen LogP contribution >= 0.6 is 11.6 Å². The average Bonchev–Trinajstić information content (AvgIpc) is 2.15. The Morgan fingerprint density at radius 3 is 1.90 bits per heavy atom. The second-order valence-electron chi connectivity index (χ2n) is 5.51. The molecule has 0 aliphatic carbocycles. The fourth-order valence-electron chi connectivity index (χ4n) is 1.58. The molecule has 114 valence electrons. The van der Waals surface area contributed by atoms with E-state index in [0.717, 1.165) is 12.5 Å². The van der Waals surface area contributed by atoms with Crippen LogP contribution in [0, 0.1) is 0 Å². The maximum absolute atomic E-state index is 11.8. The molecule has 0 radical (unpaired) electrons. The maximum atomic E-state index is 11.8. The van der Waals surface area contributed by atoms with Crippen molar-refractivity contribution in [2.75, 3.05) is 16.2 Å². The van der Waals surface area contributed by atoms with Gasteiger partial charge in [0.1, 0.15) is 5.69 Å². The molecular weight excluding hydrogens is 324 g/mol. The number of hydrogen-bond donors (Lipinski definition) is 0. The molecule has 0 saturated carbocycles. The van der Waals surface area contributed by atoms with Gasteiger partial charge in [-0.25, -0.2) is 21.8 Å². The first kappa shape index (κ1) is 17.2. The van der Waals surface area contributed by atoms with Gasteiger partial charge in [-0.05, 0) is 17.0 Å². The Morgan fingerprint density at radius 1 is 1.10 bits per heavy atom. The van der Waals surface area contributed by atoms with Crippen molar-refractivity contribution in [3.05, 3.63) is 23.0 Å². The van der Waals surface area contributed by atoms with Gasteiger partial charge >= 0.3 is 0 Å². The lowest BCUT2D eigenvalue weighted by Crippen LogP contribution is -2.35. The van der Waals surface area contributed by atoms with E-state index in [1.165, 1.54) is 12.3 Å². The molecule has 1 aromatic heterocycles. The van der Waals surface area contributed by atoms with Crippen LogP contribution in [0.25, 0.3) is 0 Å². The normalized spacial score (nSPS) is 13.3. The number of aromatic nitrogens is 1. The van der Waals surface area contributed by atoms with Gasteiger partial charge in [-0.1, -0.05) is 32.4 Å². The molecule has 0 aliphatic heterocycles. The number of sulfonamides is 2. The number of anilines is 1. The highest BCUT2D eigenvalue weighted by Gasteiger charge is 2.31. The van der Waals surface area contributed by atoms with Gasteiger partial charge in [0.25, 0.3) is 0 Å². The van der Waals surface area contributed by atoms with Crippen molar-refractivity contribution >= 4 is 37.3 Å². The molecule has 0 fully saturated rings. The number of pyridine rings is 1. The van der Waals surface area contributed by atoms with Crippen molar-refractivity contribution in [1.82, 2.24) is 4.98 Å². The Balaban J connectivity index is 3.67. The number of rotatable bonds is 3. The summed E-state index contributed by atoms with van der Waals surface area (Å²) in [5.74, 6) is 0. The third kappa shape index (κ3) is 3.83. The lowest BCUT2D eigenvalue weighted by atomic mass is 9.88. The molecule has 0 atom stereocenters. The number of nitrogens with zero attached hydrogens (tertiary/aromatic N) is 2. The first-order valence-corrected chi connectivity index (χ1v) is 9.68. The van der Waals surface area contributed by atoms with E-state index in [-0.39, 0.29) is 16.3 Å². The van der Waals surface area contributed by atoms with Crippen molar-refractivity contribution in [2.45, 2.75) is 26.2 Å². The van der Waals surface area contributed by atoms with E-state index in [1.54, 1.807) is 0 Å². The van der Waals surface area contributed by atoms with Crippen LogP contribution in [-0.4, -0.2) is 34.3 Å². The molecule has 0 N–H and O–H groups in total. The van der Waals surface area contributed by atoms with Gasteiger partial charge < -0.3 is 0 Å². The second-order valence-corrected chi connectivity index (χ2v) is 9.76. The SMILES string of the molecule is CC(C)(C)c1cnc(Cl)c(N(S(C)(=O)=O)S(C)(=O)=O)c1. The van der Waals surface area contributed by atoms with Crippen LogP contribution in [-0.2, 0) is 25.5 Å². The molecule has 0 spiro atoms. The van der Waals surface area contributed by atoms with E-state index in [0.29, 0.717) is 9.27 Å². The summed E-state index contributed by atoms with van der Waals surface area (Å²) in [7, 11) is -8.08. The molecule has 0 bridgehead atoms. The minimum Gasteiger partial charge on any atom is -0.242 e. The van der Waals surface area contributed by atoms with Crippen LogP contribution in [0.3, 0.4) is 0 Å². The smallest absolute Gasteiger partial charge is 0.242 e. The average molecular weight is 341 g/mol. The molecule has 1 aromatic rings. The molecule has 20 heavy (non-hydrogen) atoms. The Kier molecular flexibility index (Phi) is 4.43. The molecule has 9 heteroatoms. The largest absolute Gasteiger partial charge is 0.245 e. The Morgan fingerprint density at radius 2 is 1.55 bits per heavy atom. The standard InChI is InChI=1S/C11H17ClN2O4S2/c1-11(2,3)8-6-9(10(12)13-7-8)14(19(4,15)16)20(5,17)18/h6-7H,1-5H3. The summed E-state index contributed by atoms with van der Waals surface area (Å²) in [5, 5.41) is -0.186. The van der Waals surface area contributed by atoms with Crippen LogP contribution < -0.4 is 3.71 Å². The quantitative estimate of drug-likeness (QED) is 0.783. The van der Waals surface area contributed by atoms with E-state index in [9.17, 15) is 16.8 Å². The molecule has 1 heterocycles. The van der Waals surface area contributed by atoms with Crippen molar-refractivity contribution in [3.8, 4) is 0 Å². The van der Waals surface area contributed by atoms with Gasteiger partial charge in [-0.3, -0.25) is 0 Å². The van der Waals surface area contributed by atoms with Crippen molar-refractivity contribution < 1.29 is 16.8 Å². The molecule has 6 nitrogen and oxygen atoms in total. The summed E-state index contributed by atoms with van der Waals surface area (Å²) in [5.41, 5.74) is 0.186. The minimum absolute atomic E-state index is 0.163. The Hall–Kier alpha value is -0.860. The minimum atomic E-state index is -4.04. The van der Waals surface area contributed by atoms with Crippen LogP contribution in [0.5, 0.6) is 0 Å². The molecule has 0 aromatic carbocycles. The van der Waals surface area contributed by atoms with E-state index in [1.807, 2.05) is 20.8 Å². The predicted molar refractivity (Wildman–Crippen MR) is 80.1 cm³/mol. The first-order valence-electron chi connectivity index (χ1n) is 5.61. The van der Waals surface area contributed by atoms with E-state index in [4.69, 9.17) is 11.6 Å². The lowest BCUT2D eigenvalue weighted by Gasteiger charge is -2.24.